The van der Waals surface area contributed by atoms with Gasteiger partial charge in [-0.15, -0.1) is 0 Å². The van der Waals surface area contributed by atoms with Crippen molar-refractivity contribution >= 4 is 28.5 Å². The van der Waals surface area contributed by atoms with Crippen molar-refractivity contribution in [1.29, 1.82) is 0 Å². The Kier molecular flexibility index (Phi) is 3.61. The minimum Gasteiger partial charge on any atom is -0.352 e. The first-order valence-corrected chi connectivity index (χ1v) is 6.38. The first kappa shape index (κ1) is 10.9. The molecule has 1 aliphatic rings. The van der Waals surface area contributed by atoms with Gasteiger partial charge in [-0.2, -0.15) is 0 Å². The van der Waals surface area contributed by atoms with Crippen LogP contribution in [0.1, 0.15) is 29.6 Å². The number of amides is 1. The second-order valence-electron chi connectivity index (χ2n) is 3.99. The molecule has 1 aromatic carbocycles. The zero-order valence-electron chi connectivity index (χ0n) is 8.50. The summed E-state index contributed by atoms with van der Waals surface area (Å²) in [6.45, 7) is 0.837. The van der Waals surface area contributed by atoms with Crippen LogP contribution in [0.15, 0.2) is 24.3 Å². The monoisotopic (exact) mass is 315 g/mol. The van der Waals surface area contributed by atoms with E-state index in [2.05, 4.69) is 27.9 Å². The van der Waals surface area contributed by atoms with Crippen molar-refractivity contribution < 1.29 is 4.79 Å². The van der Waals surface area contributed by atoms with Crippen molar-refractivity contribution in [2.75, 3.05) is 6.54 Å². The fourth-order valence-electron chi connectivity index (χ4n) is 1.67. The number of carbonyl (C=O) groups is 1. The molecule has 0 heterocycles. The van der Waals surface area contributed by atoms with Crippen LogP contribution in [0.4, 0.5) is 0 Å². The quantitative estimate of drug-likeness (QED) is 0.854. The van der Waals surface area contributed by atoms with Crippen LogP contribution in [-0.4, -0.2) is 12.5 Å². The highest BCUT2D eigenvalue weighted by Gasteiger charge is 2.18. The lowest BCUT2D eigenvalue weighted by atomic mass is 9.85. The van der Waals surface area contributed by atoms with Crippen LogP contribution in [0.2, 0.25) is 0 Å². The van der Waals surface area contributed by atoms with E-state index in [-0.39, 0.29) is 5.91 Å². The number of carbonyl (C=O) groups excluding carboxylic acids is 1. The Morgan fingerprint density at radius 1 is 1.40 bits per heavy atom. The van der Waals surface area contributed by atoms with E-state index in [1.807, 2.05) is 24.3 Å². The van der Waals surface area contributed by atoms with Crippen molar-refractivity contribution in [2.45, 2.75) is 19.3 Å². The molecule has 0 radical (unpaired) electrons. The number of nitrogens with one attached hydrogen (secondary N) is 1. The van der Waals surface area contributed by atoms with E-state index in [1.54, 1.807) is 0 Å². The molecule has 1 saturated carbocycles. The molecule has 2 rings (SSSR count). The second kappa shape index (κ2) is 4.96. The maximum atomic E-state index is 11.8. The lowest BCUT2D eigenvalue weighted by Gasteiger charge is -2.25. The third-order valence-corrected chi connectivity index (χ3v) is 3.84. The third kappa shape index (κ3) is 2.71. The van der Waals surface area contributed by atoms with E-state index < -0.39 is 0 Å². The van der Waals surface area contributed by atoms with Gasteiger partial charge in [0, 0.05) is 10.1 Å². The first-order chi connectivity index (χ1) is 7.27. The fraction of sp³-hybridized carbons (Fsp3) is 0.417. The molecule has 0 aromatic heterocycles. The zero-order chi connectivity index (χ0) is 10.7. The highest BCUT2D eigenvalue weighted by molar-refractivity contribution is 14.1. The van der Waals surface area contributed by atoms with Gasteiger partial charge in [-0.05, 0) is 53.5 Å². The summed E-state index contributed by atoms with van der Waals surface area (Å²) in [5, 5.41) is 3.00. The molecule has 1 aliphatic carbocycles. The minimum absolute atomic E-state index is 0.0619. The first-order valence-electron chi connectivity index (χ1n) is 5.30. The molecule has 0 saturated heterocycles. The van der Waals surface area contributed by atoms with Gasteiger partial charge in [0.05, 0.1) is 5.56 Å². The fourth-order valence-corrected chi connectivity index (χ4v) is 2.31. The molecule has 1 N–H and O–H groups in total. The lowest BCUT2D eigenvalue weighted by Crippen LogP contribution is -2.32. The predicted octanol–water partition coefficient (Wildman–Crippen LogP) is 2.82. The van der Waals surface area contributed by atoms with Crippen molar-refractivity contribution in [3.63, 3.8) is 0 Å². The summed E-state index contributed by atoms with van der Waals surface area (Å²) < 4.78 is 1.02. The maximum Gasteiger partial charge on any atom is 0.252 e. The second-order valence-corrected chi connectivity index (χ2v) is 5.15. The predicted molar refractivity (Wildman–Crippen MR) is 68.8 cm³/mol. The number of hydrogen-bond acceptors (Lipinski definition) is 1. The number of hydrogen-bond donors (Lipinski definition) is 1. The van der Waals surface area contributed by atoms with E-state index in [9.17, 15) is 4.79 Å². The SMILES string of the molecule is O=C(NCC1CCC1)c1ccccc1I. The van der Waals surface area contributed by atoms with Gasteiger partial charge in [-0.1, -0.05) is 18.6 Å². The zero-order valence-corrected chi connectivity index (χ0v) is 10.7. The van der Waals surface area contributed by atoms with Gasteiger partial charge in [0.1, 0.15) is 0 Å². The van der Waals surface area contributed by atoms with Gasteiger partial charge in [0.25, 0.3) is 5.91 Å². The van der Waals surface area contributed by atoms with Crippen LogP contribution in [0.5, 0.6) is 0 Å². The standard InChI is InChI=1S/C12H14INO/c13-11-7-2-1-6-10(11)12(15)14-8-9-4-3-5-9/h1-2,6-7,9H,3-5,8H2,(H,14,15). The molecule has 3 heteroatoms. The summed E-state index contributed by atoms with van der Waals surface area (Å²) in [5.74, 6) is 0.780. The van der Waals surface area contributed by atoms with Gasteiger partial charge in [-0.3, -0.25) is 4.79 Å². The molecule has 0 unspecified atom stereocenters. The topological polar surface area (TPSA) is 29.1 Å². The molecule has 2 nitrogen and oxygen atoms in total. The van der Waals surface area contributed by atoms with Crippen LogP contribution in [0.25, 0.3) is 0 Å². The minimum atomic E-state index is 0.0619. The molecule has 0 atom stereocenters. The van der Waals surface area contributed by atoms with E-state index >= 15 is 0 Å². The Hall–Kier alpha value is -0.580. The smallest absolute Gasteiger partial charge is 0.252 e. The largest absolute Gasteiger partial charge is 0.352 e. The Balaban J connectivity index is 1.92. The molecule has 15 heavy (non-hydrogen) atoms. The molecule has 1 amide bonds. The van der Waals surface area contributed by atoms with Crippen LogP contribution in [0.3, 0.4) is 0 Å². The van der Waals surface area contributed by atoms with Crippen molar-refractivity contribution in [2.24, 2.45) is 5.92 Å². The highest BCUT2D eigenvalue weighted by atomic mass is 127. The van der Waals surface area contributed by atoms with Gasteiger partial charge in [-0.25, -0.2) is 0 Å². The van der Waals surface area contributed by atoms with Gasteiger partial charge < -0.3 is 5.32 Å². The molecular formula is C12H14INO. The summed E-state index contributed by atoms with van der Waals surface area (Å²) in [5.41, 5.74) is 0.789. The molecular weight excluding hydrogens is 301 g/mol. The lowest BCUT2D eigenvalue weighted by molar-refractivity contribution is 0.0938. The molecule has 0 aliphatic heterocycles. The highest BCUT2D eigenvalue weighted by Crippen LogP contribution is 2.25. The van der Waals surface area contributed by atoms with Crippen LogP contribution >= 0.6 is 22.6 Å². The molecule has 80 valence electrons. The summed E-state index contributed by atoms with van der Waals surface area (Å²) >= 11 is 2.20. The summed E-state index contributed by atoms with van der Waals surface area (Å²) in [7, 11) is 0. The number of rotatable bonds is 3. The average molecular weight is 315 g/mol. The van der Waals surface area contributed by atoms with E-state index in [1.165, 1.54) is 19.3 Å². The van der Waals surface area contributed by atoms with Gasteiger partial charge in [0.2, 0.25) is 0 Å². The Morgan fingerprint density at radius 2 is 2.13 bits per heavy atom. The number of halogens is 1. The van der Waals surface area contributed by atoms with Gasteiger partial charge >= 0.3 is 0 Å². The van der Waals surface area contributed by atoms with Crippen LogP contribution in [-0.2, 0) is 0 Å². The van der Waals surface area contributed by atoms with Crippen LogP contribution < -0.4 is 5.32 Å². The summed E-state index contributed by atoms with van der Waals surface area (Å²) in [6, 6.07) is 7.68. The average Bonchev–Trinajstić information content (AvgIpc) is 2.16. The van der Waals surface area contributed by atoms with Crippen molar-refractivity contribution in [3.05, 3.63) is 33.4 Å². The molecule has 1 fully saturated rings. The van der Waals surface area contributed by atoms with Crippen molar-refractivity contribution in [3.8, 4) is 0 Å². The molecule has 1 aromatic rings. The Morgan fingerprint density at radius 3 is 2.73 bits per heavy atom. The van der Waals surface area contributed by atoms with E-state index in [0.717, 1.165) is 21.6 Å². The molecule has 0 bridgehead atoms. The summed E-state index contributed by atoms with van der Waals surface area (Å²) in [6.07, 6.45) is 3.86. The molecule has 0 spiro atoms. The van der Waals surface area contributed by atoms with E-state index in [0.29, 0.717) is 0 Å². The normalized spacial score (nSPS) is 15.8. The maximum absolute atomic E-state index is 11.8. The summed E-state index contributed by atoms with van der Waals surface area (Å²) in [4.78, 5) is 11.8. The van der Waals surface area contributed by atoms with Crippen LogP contribution in [0, 0.1) is 9.49 Å². The number of benzene rings is 1. The van der Waals surface area contributed by atoms with Gasteiger partial charge in [0.15, 0.2) is 0 Å². The Labute approximate surface area is 104 Å². The van der Waals surface area contributed by atoms with E-state index in [4.69, 9.17) is 0 Å². The third-order valence-electron chi connectivity index (χ3n) is 2.89. The van der Waals surface area contributed by atoms with Crippen molar-refractivity contribution in [1.82, 2.24) is 5.32 Å². The Bertz CT molecular complexity index is 360.